The van der Waals surface area contributed by atoms with E-state index in [1.165, 1.54) is 0 Å². The van der Waals surface area contributed by atoms with Crippen molar-refractivity contribution in [3.63, 3.8) is 0 Å². The molecule has 0 aliphatic carbocycles. The van der Waals surface area contributed by atoms with E-state index in [0.717, 1.165) is 23.2 Å². The van der Waals surface area contributed by atoms with Gasteiger partial charge < -0.3 is 10.1 Å². The molecular formula is C23H23NO2. The number of nitrogens with one attached hydrogen (secondary N) is 1. The molecule has 1 unspecified atom stereocenters. The summed E-state index contributed by atoms with van der Waals surface area (Å²) in [5.74, 6) is 0.561. The van der Waals surface area contributed by atoms with E-state index in [0.29, 0.717) is 11.3 Å². The van der Waals surface area contributed by atoms with Crippen LogP contribution in [0.15, 0.2) is 78.9 Å². The first-order valence-electron chi connectivity index (χ1n) is 8.90. The van der Waals surface area contributed by atoms with Crippen molar-refractivity contribution >= 4 is 11.6 Å². The van der Waals surface area contributed by atoms with E-state index in [4.69, 9.17) is 4.74 Å². The van der Waals surface area contributed by atoms with Crippen LogP contribution in [0.2, 0.25) is 0 Å². The number of hydrogen-bond acceptors (Lipinski definition) is 2. The molecule has 0 aliphatic rings. The molecule has 1 atom stereocenters. The summed E-state index contributed by atoms with van der Waals surface area (Å²) >= 11 is 0. The highest BCUT2D eigenvalue weighted by molar-refractivity contribution is 6.06. The Morgan fingerprint density at radius 2 is 1.69 bits per heavy atom. The summed E-state index contributed by atoms with van der Waals surface area (Å²) in [6.45, 7) is 4.09. The van der Waals surface area contributed by atoms with E-state index in [9.17, 15) is 4.79 Å². The molecule has 0 heterocycles. The van der Waals surface area contributed by atoms with Crippen molar-refractivity contribution in [1.29, 1.82) is 0 Å². The molecule has 132 valence electrons. The number of rotatable bonds is 6. The van der Waals surface area contributed by atoms with Crippen molar-refractivity contribution in [2.45, 2.75) is 26.4 Å². The van der Waals surface area contributed by atoms with Crippen molar-refractivity contribution in [3.8, 4) is 16.9 Å². The topological polar surface area (TPSA) is 38.3 Å². The van der Waals surface area contributed by atoms with Crippen LogP contribution in [0, 0.1) is 0 Å². The summed E-state index contributed by atoms with van der Waals surface area (Å²) in [6.07, 6.45) is 1.04. The zero-order valence-corrected chi connectivity index (χ0v) is 15.1. The van der Waals surface area contributed by atoms with Crippen LogP contribution in [-0.2, 0) is 0 Å². The number of carbonyl (C=O) groups is 1. The third-order valence-corrected chi connectivity index (χ3v) is 4.27. The summed E-state index contributed by atoms with van der Waals surface area (Å²) in [7, 11) is 0. The molecule has 3 aromatic carbocycles. The first-order chi connectivity index (χ1) is 12.7. The molecule has 3 heteroatoms. The summed E-state index contributed by atoms with van der Waals surface area (Å²) in [6, 6.07) is 25.1. The Kier molecular flexibility index (Phi) is 5.69. The van der Waals surface area contributed by atoms with Gasteiger partial charge in [-0.15, -0.1) is 0 Å². The number of hydrogen-bond donors (Lipinski definition) is 1. The SMILES string of the molecule is CCC(C)Oc1cccc(C(=O)Nc2ccccc2-c2ccccc2)c1. The number of anilines is 1. The van der Waals surface area contributed by atoms with Gasteiger partial charge in [-0.2, -0.15) is 0 Å². The minimum Gasteiger partial charge on any atom is -0.491 e. The van der Waals surface area contributed by atoms with E-state index in [-0.39, 0.29) is 12.0 Å². The van der Waals surface area contributed by atoms with Gasteiger partial charge in [0.15, 0.2) is 0 Å². The zero-order chi connectivity index (χ0) is 18.4. The number of para-hydroxylation sites is 1. The molecule has 0 aromatic heterocycles. The van der Waals surface area contributed by atoms with Crippen molar-refractivity contribution in [2.24, 2.45) is 0 Å². The smallest absolute Gasteiger partial charge is 0.255 e. The Balaban J connectivity index is 1.82. The second-order valence-corrected chi connectivity index (χ2v) is 6.23. The lowest BCUT2D eigenvalue weighted by atomic mass is 10.0. The molecule has 3 nitrogen and oxygen atoms in total. The van der Waals surface area contributed by atoms with E-state index in [1.54, 1.807) is 12.1 Å². The first-order valence-corrected chi connectivity index (χ1v) is 8.90. The lowest BCUT2D eigenvalue weighted by Crippen LogP contribution is -2.14. The highest BCUT2D eigenvalue weighted by atomic mass is 16.5. The van der Waals surface area contributed by atoms with Gasteiger partial charge in [-0.3, -0.25) is 4.79 Å². The molecule has 0 spiro atoms. The molecule has 0 saturated heterocycles. The molecular weight excluding hydrogens is 322 g/mol. The van der Waals surface area contributed by atoms with Crippen molar-refractivity contribution in [3.05, 3.63) is 84.4 Å². The second-order valence-electron chi connectivity index (χ2n) is 6.23. The van der Waals surface area contributed by atoms with E-state index in [2.05, 4.69) is 12.2 Å². The quantitative estimate of drug-likeness (QED) is 0.614. The van der Waals surface area contributed by atoms with E-state index in [1.807, 2.05) is 73.7 Å². The fourth-order valence-electron chi connectivity index (χ4n) is 2.68. The largest absolute Gasteiger partial charge is 0.491 e. The van der Waals surface area contributed by atoms with Gasteiger partial charge in [0.05, 0.1) is 6.10 Å². The summed E-state index contributed by atoms with van der Waals surface area (Å²) in [4.78, 5) is 12.7. The monoisotopic (exact) mass is 345 g/mol. The highest BCUT2D eigenvalue weighted by Crippen LogP contribution is 2.28. The van der Waals surface area contributed by atoms with Crippen molar-refractivity contribution in [2.75, 3.05) is 5.32 Å². The van der Waals surface area contributed by atoms with Crippen LogP contribution in [0.25, 0.3) is 11.1 Å². The van der Waals surface area contributed by atoms with Gasteiger partial charge in [-0.25, -0.2) is 0 Å². The minimum atomic E-state index is -0.150. The number of amides is 1. The maximum absolute atomic E-state index is 12.7. The highest BCUT2D eigenvalue weighted by Gasteiger charge is 2.11. The maximum atomic E-state index is 12.7. The lowest BCUT2D eigenvalue weighted by Gasteiger charge is -2.14. The van der Waals surface area contributed by atoms with Crippen molar-refractivity contribution in [1.82, 2.24) is 0 Å². The second kappa shape index (κ2) is 8.34. The predicted molar refractivity (Wildman–Crippen MR) is 107 cm³/mol. The van der Waals surface area contributed by atoms with E-state index < -0.39 is 0 Å². The Morgan fingerprint density at radius 3 is 2.46 bits per heavy atom. The molecule has 26 heavy (non-hydrogen) atoms. The van der Waals surface area contributed by atoms with Crippen LogP contribution in [0.3, 0.4) is 0 Å². The Labute approximate surface area is 154 Å². The van der Waals surface area contributed by atoms with Gasteiger partial charge in [-0.1, -0.05) is 61.5 Å². The molecule has 0 aliphatic heterocycles. The van der Waals surface area contributed by atoms with Gasteiger partial charge >= 0.3 is 0 Å². The van der Waals surface area contributed by atoms with Crippen LogP contribution in [0.4, 0.5) is 5.69 Å². The molecule has 1 amide bonds. The summed E-state index contributed by atoms with van der Waals surface area (Å²) in [5, 5.41) is 3.03. The van der Waals surface area contributed by atoms with Crippen LogP contribution in [-0.4, -0.2) is 12.0 Å². The Bertz CT molecular complexity index is 874. The van der Waals surface area contributed by atoms with Gasteiger partial charge in [0, 0.05) is 16.8 Å². The van der Waals surface area contributed by atoms with Crippen molar-refractivity contribution < 1.29 is 9.53 Å². The molecule has 0 fully saturated rings. The summed E-state index contributed by atoms with van der Waals surface area (Å²) < 4.78 is 5.82. The molecule has 1 N–H and O–H groups in total. The number of benzene rings is 3. The zero-order valence-electron chi connectivity index (χ0n) is 15.1. The Morgan fingerprint density at radius 1 is 0.962 bits per heavy atom. The first kappa shape index (κ1) is 17.7. The van der Waals surface area contributed by atoms with Gasteiger partial charge in [-0.05, 0) is 43.2 Å². The summed E-state index contributed by atoms with van der Waals surface area (Å²) in [5.41, 5.74) is 3.43. The van der Waals surface area contributed by atoms with Gasteiger partial charge in [0.1, 0.15) is 5.75 Å². The van der Waals surface area contributed by atoms with Gasteiger partial charge in [0.2, 0.25) is 0 Å². The van der Waals surface area contributed by atoms with Crippen LogP contribution in [0.1, 0.15) is 30.6 Å². The van der Waals surface area contributed by atoms with Crippen LogP contribution < -0.4 is 10.1 Å². The fourth-order valence-corrected chi connectivity index (χ4v) is 2.68. The molecule has 0 bridgehead atoms. The molecule has 0 radical (unpaired) electrons. The third-order valence-electron chi connectivity index (χ3n) is 4.27. The average Bonchev–Trinajstić information content (AvgIpc) is 2.69. The normalized spacial score (nSPS) is 11.6. The maximum Gasteiger partial charge on any atom is 0.255 e. The minimum absolute atomic E-state index is 0.118. The average molecular weight is 345 g/mol. The Hall–Kier alpha value is -3.07. The third kappa shape index (κ3) is 4.31. The van der Waals surface area contributed by atoms with Crippen LogP contribution in [0.5, 0.6) is 5.75 Å². The van der Waals surface area contributed by atoms with Gasteiger partial charge in [0.25, 0.3) is 5.91 Å². The number of carbonyl (C=O) groups excluding carboxylic acids is 1. The molecule has 3 aromatic rings. The molecule has 0 saturated carbocycles. The van der Waals surface area contributed by atoms with E-state index >= 15 is 0 Å². The number of ether oxygens (including phenoxy) is 1. The molecule has 3 rings (SSSR count). The predicted octanol–water partition coefficient (Wildman–Crippen LogP) is 5.78. The van der Waals surface area contributed by atoms with Crippen LogP contribution >= 0.6 is 0 Å². The lowest BCUT2D eigenvalue weighted by molar-refractivity contribution is 0.102. The standard InChI is InChI=1S/C23H23NO2/c1-3-17(2)26-20-13-9-12-19(16-20)23(25)24-22-15-8-7-14-21(22)18-10-5-4-6-11-18/h4-17H,3H2,1-2H3,(H,24,25). The fraction of sp³-hybridized carbons (Fsp3) is 0.174.